The number of hydrogen-bond donors (Lipinski definition) is 1. The molecule has 0 unspecified atom stereocenters. The van der Waals surface area contributed by atoms with Gasteiger partial charge in [0.05, 0.1) is 30.8 Å². The Morgan fingerprint density at radius 3 is 2.86 bits per heavy atom. The Bertz CT molecular complexity index is 795. The molecule has 3 aromatic rings. The maximum Gasteiger partial charge on any atom is 0.207 e. The Kier molecular flexibility index (Phi) is 4.05. The van der Waals surface area contributed by atoms with E-state index < -0.39 is 0 Å². The number of nitrogens with zero attached hydrogens (tertiary/aromatic N) is 2. The van der Waals surface area contributed by atoms with E-state index in [0.717, 1.165) is 27.8 Å². The predicted molar refractivity (Wildman–Crippen MR) is 84.7 cm³/mol. The Hall–Kier alpha value is -2.82. The lowest BCUT2D eigenvalue weighted by molar-refractivity contribution is -0.109. The van der Waals surface area contributed by atoms with Crippen LogP contribution in [0, 0.1) is 0 Å². The Morgan fingerprint density at radius 2 is 2.05 bits per heavy atom. The molecule has 0 atom stereocenters. The number of fused-ring (bicyclic) bond motifs is 1. The number of benzene rings is 2. The van der Waals surface area contributed by atoms with E-state index in [2.05, 4.69) is 22.5 Å². The van der Waals surface area contributed by atoms with Crippen LogP contribution in [0.3, 0.4) is 0 Å². The molecular weight excluding hydrogens is 278 g/mol. The number of methoxy groups -OCH3 is 1. The Balaban J connectivity index is 1.88. The van der Waals surface area contributed by atoms with Gasteiger partial charge < -0.3 is 10.1 Å². The van der Waals surface area contributed by atoms with Crippen molar-refractivity contribution in [3.05, 3.63) is 59.8 Å². The molecule has 1 amide bonds. The molecule has 0 radical (unpaired) electrons. The standard InChI is InChI=1S/C17H17N3O2/c1-22-17-7-3-6-16-15(17)10-19-20(16)11-14-5-2-4-13(8-14)9-18-12-21/h2-8,10,12H,9,11H2,1H3,(H,18,21). The van der Waals surface area contributed by atoms with Crippen LogP contribution in [-0.2, 0) is 17.9 Å². The zero-order valence-corrected chi connectivity index (χ0v) is 12.3. The minimum absolute atomic E-state index is 0.533. The smallest absolute Gasteiger partial charge is 0.207 e. The molecule has 5 heteroatoms. The fourth-order valence-electron chi connectivity index (χ4n) is 2.55. The third-order valence-electron chi connectivity index (χ3n) is 3.58. The summed E-state index contributed by atoms with van der Waals surface area (Å²) in [5, 5.41) is 8.14. The molecule has 1 aromatic heterocycles. The van der Waals surface area contributed by atoms with E-state index in [-0.39, 0.29) is 0 Å². The van der Waals surface area contributed by atoms with Gasteiger partial charge in [0.1, 0.15) is 5.75 Å². The largest absolute Gasteiger partial charge is 0.496 e. The molecule has 0 bridgehead atoms. The lowest BCUT2D eigenvalue weighted by atomic mass is 10.1. The Morgan fingerprint density at radius 1 is 1.23 bits per heavy atom. The van der Waals surface area contributed by atoms with Crippen LogP contribution >= 0.6 is 0 Å². The second kappa shape index (κ2) is 6.30. The van der Waals surface area contributed by atoms with Gasteiger partial charge in [-0.15, -0.1) is 0 Å². The summed E-state index contributed by atoms with van der Waals surface area (Å²) in [6.45, 7) is 1.20. The molecule has 22 heavy (non-hydrogen) atoms. The van der Waals surface area contributed by atoms with Gasteiger partial charge in [-0.25, -0.2) is 0 Å². The summed E-state index contributed by atoms with van der Waals surface area (Å²) in [7, 11) is 1.66. The van der Waals surface area contributed by atoms with Crippen molar-refractivity contribution >= 4 is 17.3 Å². The highest BCUT2D eigenvalue weighted by Gasteiger charge is 2.07. The highest BCUT2D eigenvalue weighted by Crippen LogP contribution is 2.25. The van der Waals surface area contributed by atoms with Crippen molar-refractivity contribution in [2.45, 2.75) is 13.1 Å². The van der Waals surface area contributed by atoms with Crippen LogP contribution in [0.15, 0.2) is 48.7 Å². The summed E-state index contributed by atoms with van der Waals surface area (Å²) in [5.41, 5.74) is 3.24. The first kappa shape index (κ1) is 14.1. The van der Waals surface area contributed by atoms with Crippen LogP contribution in [0.25, 0.3) is 10.9 Å². The average molecular weight is 295 g/mol. The molecule has 0 aliphatic heterocycles. The molecule has 0 spiro atoms. The third kappa shape index (κ3) is 2.79. The van der Waals surface area contributed by atoms with E-state index in [4.69, 9.17) is 4.74 Å². The Labute approximate surface area is 128 Å². The van der Waals surface area contributed by atoms with Gasteiger partial charge in [-0.05, 0) is 23.3 Å². The minimum atomic E-state index is 0.533. The van der Waals surface area contributed by atoms with Crippen LogP contribution in [0.4, 0.5) is 0 Å². The molecule has 0 aliphatic carbocycles. The first-order valence-corrected chi connectivity index (χ1v) is 7.05. The van der Waals surface area contributed by atoms with Gasteiger partial charge in [-0.3, -0.25) is 9.48 Å². The summed E-state index contributed by atoms with van der Waals surface area (Å²) in [6, 6.07) is 14.0. The fourth-order valence-corrected chi connectivity index (χ4v) is 2.55. The molecule has 1 heterocycles. The van der Waals surface area contributed by atoms with Crippen molar-refractivity contribution in [1.82, 2.24) is 15.1 Å². The van der Waals surface area contributed by atoms with Crippen LogP contribution in [-0.4, -0.2) is 23.3 Å². The zero-order valence-electron chi connectivity index (χ0n) is 12.3. The number of ether oxygens (including phenoxy) is 1. The van der Waals surface area contributed by atoms with E-state index >= 15 is 0 Å². The average Bonchev–Trinajstić information content (AvgIpc) is 2.96. The fraction of sp³-hybridized carbons (Fsp3) is 0.176. The van der Waals surface area contributed by atoms with E-state index in [1.807, 2.05) is 41.2 Å². The van der Waals surface area contributed by atoms with E-state index in [1.165, 1.54) is 0 Å². The first-order valence-electron chi connectivity index (χ1n) is 7.05. The number of rotatable bonds is 6. The summed E-state index contributed by atoms with van der Waals surface area (Å²) in [5.74, 6) is 0.827. The van der Waals surface area contributed by atoms with E-state index in [0.29, 0.717) is 19.5 Å². The first-order chi connectivity index (χ1) is 10.8. The summed E-state index contributed by atoms with van der Waals surface area (Å²) < 4.78 is 7.31. The summed E-state index contributed by atoms with van der Waals surface area (Å²) >= 11 is 0. The lowest BCUT2D eigenvalue weighted by Crippen LogP contribution is -2.10. The maximum atomic E-state index is 10.4. The molecular formula is C17H17N3O2. The highest BCUT2D eigenvalue weighted by atomic mass is 16.5. The normalized spacial score (nSPS) is 10.6. The van der Waals surface area contributed by atoms with Gasteiger partial charge >= 0.3 is 0 Å². The van der Waals surface area contributed by atoms with Gasteiger partial charge in [-0.1, -0.05) is 30.3 Å². The molecule has 0 fully saturated rings. The van der Waals surface area contributed by atoms with Gasteiger partial charge in [0.15, 0.2) is 0 Å². The van der Waals surface area contributed by atoms with Crippen molar-refractivity contribution in [3.8, 4) is 5.75 Å². The van der Waals surface area contributed by atoms with Gasteiger partial charge in [0.25, 0.3) is 0 Å². The number of hydrogen-bond acceptors (Lipinski definition) is 3. The second-order valence-electron chi connectivity index (χ2n) is 5.01. The quantitative estimate of drug-likeness (QED) is 0.710. The van der Waals surface area contributed by atoms with Crippen LogP contribution in [0.1, 0.15) is 11.1 Å². The molecule has 2 aromatic carbocycles. The van der Waals surface area contributed by atoms with Gasteiger partial charge in [0, 0.05) is 6.54 Å². The van der Waals surface area contributed by atoms with Crippen molar-refractivity contribution in [3.63, 3.8) is 0 Å². The summed E-state index contributed by atoms with van der Waals surface area (Å²) in [4.78, 5) is 10.4. The monoisotopic (exact) mass is 295 g/mol. The maximum absolute atomic E-state index is 10.4. The van der Waals surface area contributed by atoms with Crippen LogP contribution < -0.4 is 10.1 Å². The molecule has 5 nitrogen and oxygen atoms in total. The van der Waals surface area contributed by atoms with Crippen molar-refractivity contribution in [1.29, 1.82) is 0 Å². The SMILES string of the molecule is COc1cccc2c1cnn2Cc1cccc(CNC=O)c1. The van der Waals surface area contributed by atoms with Gasteiger partial charge in [-0.2, -0.15) is 5.10 Å². The number of carbonyl (C=O) groups is 1. The minimum Gasteiger partial charge on any atom is -0.496 e. The second-order valence-corrected chi connectivity index (χ2v) is 5.01. The number of carbonyl (C=O) groups excluding carboxylic acids is 1. The van der Waals surface area contributed by atoms with Crippen LogP contribution in [0.5, 0.6) is 5.75 Å². The number of aromatic nitrogens is 2. The molecule has 0 saturated heterocycles. The number of nitrogens with one attached hydrogen (secondary N) is 1. The summed E-state index contributed by atoms with van der Waals surface area (Å²) in [6.07, 6.45) is 2.53. The van der Waals surface area contributed by atoms with Crippen molar-refractivity contribution in [2.75, 3.05) is 7.11 Å². The molecule has 0 aliphatic rings. The van der Waals surface area contributed by atoms with Crippen molar-refractivity contribution < 1.29 is 9.53 Å². The van der Waals surface area contributed by atoms with E-state index in [9.17, 15) is 4.79 Å². The lowest BCUT2D eigenvalue weighted by Gasteiger charge is -2.07. The predicted octanol–water partition coefficient (Wildman–Crippen LogP) is 2.34. The third-order valence-corrected chi connectivity index (χ3v) is 3.58. The highest BCUT2D eigenvalue weighted by molar-refractivity contribution is 5.85. The van der Waals surface area contributed by atoms with Crippen LogP contribution in [0.2, 0.25) is 0 Å². The molecule has 3 rings (SSSR count). The zero-order chi connectivity index (χ0) is 15.4. The number of amides is 1. The van der Waals surface area contributed by atoms with Gasteiger partial charge in [0.2, 0.25) is 6.41 Å². The van der Waals surface area contributed by atoms with E-state index in [1.54, 1.807) is 7.11 Å². The van der Waals surface area contributed by atoms with Crippen molar-refractivity contribution in [2.24, 2.45) is 0 Å². The topological polar surface area (TPSA) is 56.1 Å². The molecule has 112 valence electrons. The molecule has 1 N–H and O–H groups in total. The molecule has 0 saturated carbocycles.